The van der Waals surface area contributed by atoms with Crippen LogP contribution in [-0.2, 0) is 5.60 Å². The summed E-state index contributed by atoms with van der Waals surface area (Å²) in [5.41, 5.74) is 12.3. The van der Waals surface area contributed by atoms with Gasteiger partial charge < -0.3 is 9.47 Å². The van der Waals surface area contributed by atoms with E-state index in [4.69, 9.17) is 9.47 Å². The molecule has 0 spiro atoms. The summed E-state index contributed by atoms with van der Waals surface area (Å²) in [5.74, 6) is 2.65. The van der Waals surface area contributed by atoms with E-state index in [-0.39, 0.29) is 0 Å². The second-order valence-electron chi connectivity index (χ2n) is 14.9. The van der Waals surface area contributed by atoms with Crippen LogP contribution in [0.25, 0.3) is 88.0 Å². The van der Waals surface area contributed by atoms with E-state index in [0.29, 0.717) is 0 Å². The summed E-state index contributed by atoms with van der Waals surface area (Å²) in [6, 6.07) is 57.2. The molecule has 2 aliphatic rings. The number of benzene rings is 9. The van der Waals surface area contributed by atoms with E-state index in [0.717, 1.165) is 33.9 Å². The predicted octanol–water partition coefficient (Wildman–Crippen LogP) is 14.8. The Morgan fingerprint density at radius 3 is 1.64 bits per heavy atom. The molecule has 9 aromatic rings. The number of hydrogen-bond donors (Lipinski definition) is 0. The lowest BCUT2D eigenvalue weighted by Crippen LogP contribution is -2.30. The Balaban J connectivity index is 1.06. The van der Waals surface area contributed by atoms with Crippen LogP contribution in [0.15, 0.2) is 182 Å². The van der Waals surface area contributed by atoms with Gasteiger partial charge >= 0.3 is 0 Å². The molecule has 0 fully saturated rings. The number of para-hydroxylation sites is 1. The minimum Gasteiger partial charge on any atom is -0.478 e. The van der Waals surface area contributed by atoms with Gasteiger partial charge in [-0.2, -0.15) is 0 Å². The molecule has 0 radical (unpaired) electrons. The molecule has 2 nitrogen and oxygen atoms in total. The van der Waals surface area contributed by atoms with Gasteiger partial charge in [-0.25, -0.2) is 0 Å². The Bertz CT molecular complexity index is 3070. The SMILES string of the molecule is C/C=C\C=C/[C@]1(C)Oc2ccc(-c3ccc4ccc5c(-c6ccc7c(c6)-c6ccccc6-c6ccccc6O7)ccc6ccc3c4c65)cc2-c2ccccc21. The third-order valence-corrected chi connectivity index (χ3v) is 11.7. The van der Waals surface area contributed by atoms with E-state index in [2.05, 4.69) is 171 Å². The molecule has 55 heavy (non-hydrogen) atoms. The molecule has 2 aliphatic heterocycles. The molecule has 2 heterocycles. The minimum absolute atomic E-state index is 0.562. The zero-order valence-electron chi connectivity index (χ0n) is 30.6. The lowest BCUT2D eigenvalue weighted by molar-refractivity contribution is 0.138. The smallest absolute Gasteiger partial charge is 0.150 e. The Morgan fingerprint density at radius 1 is 0.436 bits per heavy atom. The van der Waals surface area contributed by atoms with E-state index >= 15 is 0 Å². The van der Waals surface area contributed by atoms with Crippen molar-refractivity contribution in [3.8, 4) is 72.9 Å². The first-order chi connectivity index (χ1) is 27.1. The minimum atomic E-state index is -0.562. The van der Waals surface area contributed by atoms with Crippen LogP contribution < -0.4 is 9.47 Å². The lowest BCUT2D eigenvalue weighted by atomic mass is 9.83. The van der Waals surface area contributed by atoms with Crippen molar-refractivity contribution in [3.05, 3.63) is 188 Å². The van der Waals surface area contributed by atoms with E-state index in [1.807, 2.05) is 25.1 Å². The van der Waals surface area contributed by atoms with Crippen molar-refractivity contribution in [2.45, 2.75) is 19.4 Å². The van der Waals surface area contributed by atoms with Crippen LogP contribution in [0.3, 0.4) is 0 Å². The van der Waals surface area contributed by atoms with Crippen LogP contribution >= 0.6 is 0 Å². The number of hydrogen-bond acceptors (Lipinski definition) is 2. The number of fused-ring (bicyclic) bond motifs is 8. The third-order valence-electron chi connectivity index (χ3n) is 11.7. The summed E-state index contributed by atoms with van der Waals surface area (Å²) < 4.78 is 13.3. The molecule has 0 N–H and O–H groups in total. The summed E-state index contributed by atoms with van der Waals surface area (Å²) in [5, 5.41) is 7.57. The first kappa shape index (κ1) is 31.6. The molecular formula is C53H36O2. The molecule has 0 aliphatic carbocycles. The molecule has 11 rings (SSSR count). The Labute approximate surface area is 320 Å². The highest BCUT2D eigenvalue weighted by Crippen LogP contribution is 2.50. The Morgan fingerprint density at radius 2 is 0.964 bits per heavy atom. The van der Waals surface area contributed by atoms with Crippen molar-refractivity contribution >= 4 is 32.3 Å². The molecular weight excluding hydrogens is 669 g/mol. The number of rotatable bonds is 4. The molecule has 260 valence electrons. The van der Waals surface area contributed by atoms with Crippen LogP contribution in [0, 0.1) is 0 Å². The first-order valence-corrected chi connectivity index (χ1v) is 19.0. The number of allylic oxidation sites excluding steroid dienone is 3. The standard InChI is InChI=1S/C53H36O2/c1-3-4-11-30-53(2)47-16-9-7-14-41(47)46-32-36(23-29-50(46)55-53)38-25-19-34-20-26-43-37(24-18-33-21-27-44(38)52(34)51(33)43)35-22-28-49-45(31-35)40-13-6-5-12-39(40)42-15-8-10-17-48(42)54-49/h3-32H,1-2H3/b4-3-,30-11-/t53-/m0/s1. The van der Waals surface area contributed by atoms with Crippen LogP contribution in [0.1, 0.15) is 19.4 Å². The average Bonchev–Trinajstić information content (AvgIpc) is 3.37. The van der Waals surface area contributed by atoms with Gasteiger partial charge in [0.2, 0.25) is 0 Å². The highest BCUT2D eigenvalue weighted by atomic mass is 16.5. The van der Waals surface area contributed by atoms with Crippen LogP contribution in [0.4, 0.5) is 0 Å². The predicted molar refractivity (Wildman–Crippen MR) is 229 cm³/mol. The second-order valence-corrected chi connectivity index (χ2v) is 14.9. The summed E-state index contributed by atoms with van der Waals surface area (Å²) >= 11 is 0. The molecule has 1 atom stereocenters. The largest absolute Gasteiger partial charge is 0.478 e. The van der Waals surface area contributed by atoms with Gasteiger partial charge in [-0.05, 0) is 122 Å². The van der Waals surface area contributed by atoms with Crippen molar-refractivity contribution < 1.29 is 9.47 Å². The first-order valence-electron chi connectivity index (χ1n) is 19.0. The van der Waals surface area contributed by atoms with E-state index in [9.17, 15) is 0 Å². The fraction of sp³-hybridized carbons (Fsp3) is 0.0566. The lowest BCUT2D eigenvalue weighted by Gasteiger charge is -2.36. The van der Waals surface area contributed by atoms with E-state index < -0.39 is 5.60 Å². The van der Waals surface area contributed by atoms with Gasteiger partial charge in [0, 0.05) is 22.3 Å². The van der Waals surface area contributed by atoms with Crippen molar-refractivity contribution in [2.24, 2.45) is 0 Å². The van der Waals surface area contributed by atoms with Crippen LogP contribution in [0.2, 0.25) is 0 Å². The third kappa shape index (κ3) is 4.81. The quantitative estimate of drug-likeness (QED) is 0.134. The topological polar surface area (TPSA) is 18.5 Å². The Hall–Kier alpha value is -6.90. The van der Waals surface area contributed by atoms with Crippen LogP contribution in [-0.4, -0.2) is 0 Å². The molecule has 0 bridgehead atoms. The van der Waals surface area contributed by atoms with Crippen molar-refractivity contribution in [1.82, 2.24) is 0 Å². The molecule has 0 saturated carbocycles. The van der Waals surface area contributed by atoms with Gasteiger partial charge in [0.1, 0.15) is 17.2 Å². The molecule has 0 saturated heterocycles. The van der Waals surface area contributed by atoms with Gasteiger partial charge in [-0.1, -0.05) is 146 Å². The maximum absolute atomic E-state index is 6.77. The summed E-state index contributed by atoms with van der Waals surface area (Å²) in [6.45, 7) is 4.18. The van der Waals surface area contributed by atoms with Crippen molar-refractivity contribution in [1.29, 1.82) is 0 Å². The zero-order valence-corrected chi connectivity index (χ0v) is 30.6. The van der Waals surface area contributed by atoms with Crippen molar-refractivity contribution in [2.75, 3.05) is 0 Å². The van der Waals surface area contributed by atoms with Crippen LogP contribution in [0.5, 0.6) is 17.2 Å². The van der Waals surface area contributed by atoms with Gasteiger partial charge in [-0.3, -0.25) is 0 Å². The van der Waals surface area contributed by atoms with Gasteiger partial charge in [0.15, 0.2) is 5.60 Å². The summed E-state index contributed by atoms with van der Waals surface area (Å²) in [6.07, 6.45) is 8.31. The molecule has 0 amide bonds. The van der Waals surface area contributed by atoms with E-state index in [1.165, 1.54) is 76.8 Å². The highest BCUT2D eigenvalue weighted by Gasteiger charge is 2.34. The molecule has 0 unspecified atom stereocenters. The monoisotopic (exact) mass is 704 g/mol. The van der Waals surface area contributed by atoms with Gasteiger partial charge in [0.25, 0.3) is 0 Å². The average molecular weight is 705 g/mol. The van der Waals surface area contributed by atoms with Gasteiger partial charge in [0.05, 0.1) is 0 Å². The molecule has 0 aromatic heterocycles. The summed E-state index contributed by atoms with van der Waals surface area (Å²) in [4.78, 5) is 0. The van der Waals surface area contributed by atoms with Gasteiger partial charge in [-0.15, -0.1) is 0 Å². The fourth-order valence-electron chi connectivity index (χ4n) is 9.06. The van der Waals surface area contributed by atoms with E-state index in [1.54, 1.807) is 0 Å². The maximum Gasteiger partial charge on any atom is 0.150 e. The molecule has 9 aromatic carbocycles. The fourth-order valence-corrected chi connectivity index (χ4v) is 9.06. The second kappa shape index (κ2) is 12.1. The Kier molecular flexibility index (Phi) is 6.93. The normalized spacial score (nSPS) is 15.7. The summed E-state index contributed by atoms with van der Waals surface area (Å²) in [7, 11) is 0. The molecule has 2 heteroatoms. The van der Waals surface area contributed by atoms with Crippen molar-refractivity contribution in [3.63, 3.8) is 0 Å². The highest BCUT2D eigenvalue weighted by molar-refractivity contribution is 6.27. The zero-order chi connectivity index (χ0) is 36.7. The number of ether oxygens (including phenoxy) is 2. The maximum atomic E-state index is 6.77.